The van der Waals surface area contributed by atoms with E-state index in [4.69, 9.17) is 4.74 Å². The number of nitrogens with zero attached hydrogens (tertiary/aromatic N) is 2. The van der Waals surface area contributed by atoms with Gasteiger partial charge in [-0.3, -0.25) is 9.59 Å². The first-order valence-corrected chi connectivity index (χ1v) is 10.3. The van der Waals surface area contributed by atoms with Gasteiger partial charge in [-0.15, -0.1) is 0 Å². The summed E-state index contributed by atoms with van der Waals surface area (Å²) < 4.78 is 5.41. The Kier molecular flexibility index (Phi) is 5.81. The van der Waals surface area contributed by atoms with Crippen LogP contribution < -0.4 is 15.8 Å². The van der Waals surface area contributed by atoms with Crippen molar-refractivity contribution < 1.29 is 9.53 Å². The minimum absolute atomic E-state index is 0.111. The zero-order valence-electron chi connectivity index (χ0n) is 17.3. The number of morpholine rings is 1. The van der Waals surface area contributed by atoms with Gasteiger partial charge in [0.05, 0.1) is 18.8 Å². The zero-order valence-corrected chi connectivity index (χ0v) is 17.3. The Morgan fingerprint density at radius 2 is 2.07 bits per heavy atom. The number of ether oxygens (including phenoxy) is 1. The van der Waals surface area contributed by atoms with Crippen LogP contribution in [0.4, 0.5) is 11.5 Å². The van der Waals surface area contributed by atoms with Crippen molar-refractivity contribution in [3.05, 3.63) is 64.1 Å². The summed E-state index contributed by atoms with van der Waals surface area (Å²) >= 11 is 0. The van der Waals surface area contributed by atoms with E-state index in [1.807, 2.05) is 12.1 Å². The number of fused-ring (bicyclic) bond motifs is 1. The molecule has 1 fully saturated rings. The second-order valence-corrected chi connectivity index (χ2v) is 7.59. The van der Waals surface area contributed by atoms with Crippen molar-refractivity contribution in [2.75, 3.05) is 36.5 Å². The molecule has 1 saturated heterocycles. The Hall–Kier alpha value is -3.19. The predicted molar refractivity (Wildman–Crippen MR) is 118 cm³/mol. The van der Waals surface area contributed by atoms with E-state index >= 15 is 0 Å². The van der Waals surface area contributed by atoms with Gasteiger partial charge in [-0.25, -0.2) is 4.98 Å². The Bertz CT molecular complexity index is 1120. The minimum Gasteiger partial charge on any atom is -0.378 e. The van der Waals surface area contributed by atoms with E-state index < -0.39 is 0 Å². The van der Waals surface area contributed by atoms with Crippen molar-refractivity contribution in [2.45, 2.75) is 26.2 Å². The fraction of sp³-hybridized carbons (Fsp3) is 0.348. The van der Waals surface area contributed by atoms with E-state index in [1.54, 1.807) is 30.5 Å². The molecule has 1 aliphatic heterocycles. The van der Waals surface area contributed by atoms with Gasteiger partial charge in [-0.2, -0.15) is 0 Å². The zero-order chi connectivity index (χ0) is 21.1. The van der Waals surface area contributed by atoms with Gasteiger partial charge in [0.25, 0.3) is 5.91 Å². The maximum atomic E-state index is 13.1. The Morgan fingerprint density at radius 3 is 2.83 bits per heavy atom. The first kappa shape index (κ1) is 20.1. The summed E-state index contributed by atoms with van der Waals surface area (Å²) in [6, 6.07) is 10.8. The smallest absolute Gasteiger partial charge is 0.259 e. The third-order valence-electron chi connectivity index (χ3n) is 5.62. The molecule has 30 heavy (non-hydrogen) atoms. The fourth-order valence-corrected chi connectivity index (χ4v) is 3.79. The molecule has 1 aromatic carbocycles. The van der Waals surface area contributed by atoms with Crippen LogP contribution in [-0.2, 0) is 4.74 Å². The number of nitrogens with one attached hydrogen (secondary N) is 2. The summed E-state index contributed by atoms with van der Waals surface area (Å²) in [6.45, 7) is 6.86. The molecular formula is C23H26N4O3. The van der Waals surface area contributed by atoms with Crippen molar-refractivity contribution in [3.63, 3.8) is 0 Å². The van der Waals surface area contributed by atoms with E-state index in [1.165, 1.54) is 0 Å². The van der Waals surface area contributed by atoms with Crippen molar-refractivity contribution >= 4 is 28.3 Å². The van der Waals surface area contributed by atoms with Crippen molar-refractivity contribution in [1.29, 1.82) is 0 Å². The first-order chi connectivity index (χ1) is 14.6. The highest BCUT2D eigenvalue weighted by Crippen LogP contribution is 2.28. The number of pyridine rings is 2. The number of hydrogen-bond donors (Lipinski definition) is 2. The molecule has 3 heterocycles. The third kappa shape index (κ3) is 4.07. The number of H-pyrrole nitrogens is 1. The molecule has 1 aliphatic rings. The Labute approximate surface area is 175 Å². The summed E-state index contributed by atoms with van der Waals surface area (Å²) in [6.07, 6.45) is 2.63. The fourth-order valence-electron chi connectivity index (χ4n) is 3.79. The van der Waals surface area contributed by atoms with E-state index in [0.29, 0.717) is 43.4 Å². The van der Waals surface area contributed by atoms with E-state index in [2.05, 4.69) is 34.0 Å². The molecule has 0 saturated carbocycles. The summed E-state index contributed by atoms with van der Waals surface area (Å²) in [5, 5.41) is 3.95. The molecule has 0 radical (unpaired) electrons. The van der Waals surface area contributed by atoms with Crippen LogP contribution in [0.3, 0.4) is 0 Å². The summed E-state index contributed by atoms with van der Waals surface area (Å²) in [7, 11) is 0. The lowest BCUT2D eigenvalue weighted by Gasteiger charge is -2.29. The molecule has 2 N–H and O–H groups in total. The van der Waals surface area contributed by atoms with Crippen LogP contribution in [0.25, 0.3) is 10.9 Å². The van der Waals surface area contributed by atoms with Gasteiger partial charge in [-0.05, 0) is 48.2 Å². The van der Waals surface area contributed by atoms with Crippen LogP contribution in [0, 0.1) is 0 Å². The second-order valence-electron chi connectivity index (χ2n) is 7.59. The molecule has 1 unspecified atom stereocenters. The second kappa shape index (κ2) is 8.67. The standard InChI is InChI=1S/C23H26N4O3/c1-3-15(2)18-14-21(28)26-20-7-6-16(13-19(18)20)25-23(29)17-5-4-8-24-22(17)27-9-11-30-12-10-27/h4-8,13-15H,3,9-12H2,1-2H3,(H,25,29)(H,26,28). The first-order valence-electron chi connectivity index (χ1n) is 10.3. The van der Waals surface area contributed by atoms with Gasteiger partial charge in [0.1, 0.15) is 5.82 Å². The number of benzene rings is 1. The molecule has 0 spiro atoms. The molecule has 7 heteroatoms. The molecule has 0 aliphatic carbocycles. The molecule has 0 bridgehead atoms. The quantitative estimate of drug-likeness (QED) is 0.677. The molecule has 2 aromatic heterocycles. The number of aromatic nitrogens is 2. The van der Waals surface area contributed by atoms with Crippen LogP contribution in [-0.4, -0.2) is 42.2 Å². The van der Waals surface area contributed by atoms with Crippen LogP contribution in [0.5, 0.6) is 0 Å². The number of carbonyl (C=O) groups is 1. The van der Waals surface area contributed by atoms with Gasteiger partial charge in [0, 0.05) is 41.9 Å². The Balaban J connectivity index is 1.66. The lowest BCUT2D eigenvalue weighted by atomic mass is 9.95. The number of aromatic amines is 1. The van der Waals surface area contributed by atoms with E-state index in [9.17, 15) is 9.59 Å². The lowest BCUT2D eigenvalue weighted by molar-refractivity contribution is 0.102. The molecular weight excluding hydrogens is 380 g/mol. The van der Waals surface area contributed by atoms with Crippen LogP contribution in [0.2, 0.25) is 0 Å². The van der Waals surface area contributed by atoms with Gasteiger partial charge in [-0.1, -0.05) is 13.8 Å². The number of hydrogen-bond acceptors (Lipinski definition) is 5. The normalized spacial score (nSPS) is 15.2. The molecule has 4 rings (SSSR count). The molecule has 3 aromatic rings. The maximum absolute atomic E-state index is 13.1. The topological polar surface area (TPSA) is 87.3 Å². The highest BCUT2D eigenvalue weighted by molar-refractivity contribution is 6.08. The van der Waals surface area contributed by atoms with Gasteiger partial charge >= 0.3 is 0 Å². The molecule has 1 amide bonds. The van der Waals surface area contributed by atoms with Crippen LogP contribution in [0.1, 0.15) is 42.1 Å². The highest BCUT2D eigenvalue weighted by atomic mass is 16.5. The van der Waals surface area contributed by atoms with E-state index in [0.717, 1.165) is 22.9 Å². The summed E-state index contributed by atoms with van der Waals surface area (Å²) in [4.78, 5) is 34.5. The van der Waals surface area contributed by atoms with Gasteiger partial charge in [0.15, 0.2) is 0 Å². The average molecular weight is 406 g/mol. The van der Waals surface area contributed by atoms with Gasteiger partial charge in [0.2, 0.25) is 5.56 Å². The van der Waals surface area contributed by atoms with Crippen molar-refractivity contribution in [1.82, 2.24) is 9.97 Å². The predicted octanol–water partition coefficient (Wildman–Crippen LogP) is 3.53. The Morgan fingerprint density at radius 1 is 1.27 bits per heavy atom. The number of amides is 1. The number of anilines is 2. The number of carbonyl (C=O) groups excluding carboxylic acids is 1. The largest absolute Gasteiger partial charge is 0.378 e. The third-order valence-corrected chi connectivity index (χ3v) is 5.62. The summed E-state index contributed by atoms with van der Waals surface area (Å²) in [5.74, 6) is 0.703. The highest BCUT2D eigenvalue weighted by Gasteiger charge is 2.20. The lowest BCUT2D eigenvalue weighted by Crippen LogP contribution is -2.38. The summed E-state index contributed by atoms with van der Waals surface area (Å²) in [5.41, 5.74) is 2.86. The maximum Gasteiger partial charge on any atom is 0.259 e. The monoisotopic (exact) mass is 406 g/mol. The van der Waals surface area contributed by atoms with E-state index in [-0.39, 0.29) is 17.4 Å². The van der Waals surface area contributed by atoms with Crippen molar-refractivity contribution in [2.24, 2.45) is 0 Å². The average Bonchev–Trinajstić information content (AvgIpc) is 2.78. The minimum atomic E-state index is -0.210. The van der Waals surface area contributed by atoms with Crippen LogP contribution in [0.15, 0.2) is 47.4 Å². The van der Waals surface area contributed by atoms with Crippen molar-refractivity contribution in [3.8, 4) is 0 Å². The molecule has 1 atom stereocenters. The van der Waals surface area contributed by atoms with Crippen LogP contribution >= 0.6 is 0 Å². The van der Waals surface area contributed by atoms with Gasteiger partial charge < -0.3 is 19.9 Å². The number of rotatable bonds is 5. The SMILES string of the molecule is CCC(C)c1cc(=O)[nH]c2ccc(NC(=O)c3cccnc3N3CCOCC3)cc12. The molecule has 7 nitrogen and oxygen atoms in total. The molecule has 156 valence electrons.